The molecule has 1 saturated heterocycles. The first kappa shape index (κ1) is 20.2. The van der Waals surface area contributed by atoms with Gasteiger partial charge in [0.15, 0.2) is 0 Å². The number of hydrogen-bond acceptors (Lipinski definition) is 7. The van der Waals surface area contributed by atoms with Gasteiger partial charge in [-0.3, -0.25) is 0 Å². The van der Waals surface area contributed by atoms with Crippen molar-refractivity contribution < 1.29 is 13.2 Å². The Morgan fingerprint density at radius 3 is 2.60 bits per heavy atom. The number of pyridine rings is 1. The van der Waals surface area contributed by atoms with Crippen molar-refractivity contribution in [3.05, 3.63) is 66.1 Å². The molecule has 4 rings (SSSR count). The molecular formula is C21H23N5O3S. The number of rotatable bonds is 6. The van der Waals surface area contributed by atoms with Crippen LogP contribution < -0.4 is 10.1 Å². The molecule has 3 heterocycles. The van der Waals surface area contributed by atoms with Gasteiger partial charge in [0, 0.05) is 18.9 Å². The van der Waals surface area contributed by atoms with E-state index in [-0.39, 0.29) is 10.9 Å². The summed E-state index contributed by atoms with van der Waals surface area (Å²) in [7, 11) is -2.10. The van der Waals surface area contributed by atoms with Crippen molar-refractivity contribution in [3.8, 4) is 5.75 Å². The topological polar surface area (TPSA) is 97.3 Å². The predicted octanol–water partition coefficient (Wildman–Crippen LogP) is 3.46. The summed E-state index contributed by atoms with van der Waals surface area (Å²) in [5.74, 6) is 1.63. The maximum Gasteiger partial charge on any atom is 0.243 e. The fourth-order valence-electron chi connectivity index (χ4n) is 3.48. The lowest BCUT2D eigenvalue weighted by Crippen LogP contribution is -2.31. The summed E-state index contributed by atoms with van der Waals surface area (Å²) >= 11 is 0. The van der Waals surface area contributed by atoms with E-state index >= 15 is 0 Å². The van der Waals surface area contributed by atoms with Crippen molar-refractivity contribution >= 4 is 21.8 Å². The number of ether oxygens (including phenoxy) is 1. The van der Waals surface area contributed by atoms with Crippen LogP contribution in [0.1, 0.15) is 30.1 Å². The fourth-order valence-corrected chi connectivity index (χ4v) is 5.15. The molecule has 1 aliphatic heterocycles. The summed E-state index contributed by atoms with van der Waals surface area (Å²) in [4.78, 5) is 13.4. The predicted molar refractivity (Wildman–Crippen MR) is 113 cm³/mol. The van der Waals surface area contributed by atoms with E-state index in [4.69, 9.17) is 4.74 Å². The molecule has 0 spiro atoms. The Morgan fingerprint density at radius 2 is 1.90 bits per heavy atom. The van der Waals surface area contributed by atoms with Crippen molar-refractivity contribution in [2.75, 3.05) is 19.0 Å². The highest BCUT2D eigenvalue weighted by Gasteiger charge is 2.37. The maximum absolute atomic E-state index is 13.2. The minimum absolute atomic E-state index is 0.242. The van der Waals surface area contributed by atoms with Gasteiger partial charge in [-0.1, -0.05) is 6.07 Å². The van der Waals surface area contributed by atoms with Crippen molar-refractivity contribution in [2.45, 2.75) is 30.7 Å². The van der Waals surface area contributed by atoms with Crippen LogP contribution in [0, 0.1) is 6.92 Å². The zero-order valence-corrected chi connectivity index (χ0v) is 17.6. The number of anilines is 2. The molecule has 0 saturated carbocycles. The Balaban J connectivity index is 1.59. The first-order valence-electron chi connectivity index (χ1n) is 9.66. The van der Waals surface area contributed by atoms with E-state index in [1.54, 1.807) is 49.8 Å². The molecule has 1 unspecified atom stereocenters. The Labute approximate surface area is 176 Å². The molecule has 30 heavy (non-hydrogen) atoms. The molecule has 8 nitrogen and oxygen atoms in total. The van der Waals surface area contributed by atoms with Gasteiger partial charge in [0.1, 0.15) is 11.6 Å². The fraction of sp³-hybridized carbons (Fsp3) is 0.286. The molecule has 0 amide bonds. The second kappa shape index (κ2) is 8.37. The van der Waals surface area contributed by atoms with Crippen LogP contribution >= 0.6 is 0 Å². The second-order valence-electron chi connectivity index (χ2n) is 7.10. The number of hydrogen-bond donors (Lipinski definition) is 1. The number of benzene rings is 1. The average molecular weight is 426 g/mol. The third-order valence-electron chi connectivity index (χ3n) is 5.04. The molecule has 1 aliphatic rings. The molecule has 9 heteroatoms. The second-order valence-corrected chi connectivity index (χ2v) is 8.99. The first-order valence-corrected chi connectivity index (χ1v) is 11.1. The Hall–Kier alpha value is -3.04. The quantitative estimate of drug-likeness (QED) is 0.646. The van der Waals surface area contributed by atoms with Crippen LogP contribution in [-0.2, 0) is 10.0 Å². The molecule has 2 aromatic heterocycles. The lowest BCUT2D eigenvalue weighted by atomic mass is 10.1. The maximum atomic E-state index is 13.2. The monoisotopic (exact) mass is 425 g/mol. The molecular weight excluding hydrogens is 402 g/mol. The van der Waals surface area contributed by atoms with Crippen LogP contribution in [-0.4, -0.2) is 41.3 Å². The minimum atomic E-state index is -3.65. The van der Waals surface area contributed by atoms with Gasteiger partial charge >= 0.3 is 0 Å². The van der Waals surface area contributed by atoms with Gasteiger partial charge in [-0.05, 0) is 61.7 Å². The van der Waals surface area contributed by atoms with Gasteiger partial charge in [-0.2, -0.15) is 4.31 Å². The average Bonchev–Trinajstić information content (AvgIpc) is 3.27. The molecule has 0 radical (unpaired) electrons. The molecule has 3 aromatic rings. The number of nitrogens with one attached hydrogen (secondary N) is 1. The van der Waals surface area contributed by atoms with E-state index in [1.165, 1.54) is 4.31 Å². The van der Waals surface area contributed by atoms with E-state index in [1.807, 2.05) is 19.1 Å². The number of sulfonamides is 1. The zero-order valence-electron chi connectivity index (χ0n) is 16.8. The normalized spacial score (nSPS) is 17.1. The summed E-state index contributed by atoms with van der Waals surface area (Å²) in [6, 6.07) is 11.7. The number of aryl methyl sites for hydroxylation is 1. The molecule has 1 aromatic carbocycles. The van der Waals surface area contributed by atoms with E-state index in [0.717, 1.165) is 12.0 Å². The largest absolute Gasteiger partial charge is 0.497 e. The SMILES string of the molecule is COc1ccc(S(=O)(=O)N2CCCC2c2ccnc(Nc3ccc(C)cn3)n2)cc1. The van der Waals surface area contributed by atoms with Crippen molar-refractivity contribution in [3.63, 3.8) is 0 Å². The lowest BCUT2D eigenvalue weighted by Gasteiger charge is -2.24. The third-order valence-corrected chi connectivity index (χ3v) is 6.96. The Morgan fingerprint density at radius 1 is 1.10 bits per heavy atom. The van der Waals surface area contributed by atoms with Crippen molar-refractivity contribution in [1.82, 2.24) is 19.3 Å². The van der Waals surface area contributed by atoms with Gasteiger partial charge in [0.2, 0.25) is 16.0 Å². The number of aromatic nitrogens is 3. The van der Waals surface area contributed by atoms with E-state index in [0.29, 0.717) is 36.2 Å². The van der Waals surface area contributed by atoms with Gasteiger partial charge < -0.3 is 10.1 Å². The standard InChI is InChI=1S/C21H23N5O3S/c1-15-5-10-20(23-14-15)25-21-22-12-11-18(24-21)19-4-3-13-26(19)30(27,28)17-8-6-16(29-2)7-9-17/h5-12,14,19H,3-4,13H2,1-2H3,(H,22,23,24,25). The van der Waals surface area contributed by atoms with Crippen molar-refractivity contribution in [2.24, 2.45) is 0 Å². The molecule has 0 bridgehead atoms. The smallest absolute Gasteiger partial charge is 0.243 e. The van der Waals surface area contributed by atoms with Crippen LogP contribution in [0.5, 0.6) is 5.75 Å². The highest BCUT2D eigenvalue weighted by molar-refractivity contribution is 7.89. The summed E-state index contributed by atoms with van der Waals surface area (Å²) in [5, 5.41) is 3.08. The van der Waals surface area contributed by atoms with E-state index < -0.39 is 10.0 Å². The molecule has 1 N–H and O–H groups in total. The van der Waals surface area contributed by atoms with Gasteiger partial charge in [-0.15, -0.1) is 0 Å². The van der Waals surface area contributed by atoms with Gasteiger partial charge in [0.25, 0.3) is 0 Å². The van der Waals surface area contributed by atoms with Crippen LogP contribution in [0.4, 0.5) is 11.8 Å². The van der Waals surface area contributed by atoms with Crippen molar-refractivity contribution in [1.29, 1.82) is 0 Å². The Bertz CT molecular complexity index is 1120. The first-order chi connectivity index (χ1) is 14.5. The summed E-state index contributed by atoms with van der Waals surface area (Å²) in [6.45, 7) is 2.41. The van der Waals surface area contributed by atoms with Crippen LogP contribution in [0.3, 0.4) is 0 Å². The minimum Gasteiger partial charge on any atom is -0.497 e. The van der Waals surface area contributed by atoms with E-state index in [2.05, 4.69) is 20.3 Å². The highest BCUT2D eigenvalue weighted by Crippen LogP contribution is 2.36. The number of methoxy groups -OCH3 is 1. The zero-order chi connectivity index (χ0) is 21.1. The lowest BCUT2D eigenvalue weighted by molar-refractivity contribution is 0.390. The van der Waals surface area contributed by atoms with Crippen LogP contribution in [0.15, 0.2) is 59.8 Å². The van der Waals surface area contributed by atoms with Gasteiger partial charge in [-0.25, -0.2) is 23.4 Å². The molecule has 0 aliphatic carbocycles. The van der Waals surface area contributed by atoms with Gasteiger partial charge in [0.05, 0.1) is 23.7 Å². The molecule has 1 atom stereocenters. The van der Waals surface area contributed by atoms with Crippen LogP contribution in [0.25, 0.3) is 0 Å². The number of nitrogens with zero attached hydrogens (tertiary/aromatic N) is 4. The summed E-state index contributed by atoms with van der Waals surface area (Å²) in [6.07, 6.45) is 4.86. The van der Waals surface area contributed by atoms with Crippen LogP contribution in [0.2, 0.25) is 0 Å². The summed E-state index contributed by atoms with van der Waals surface area (Å²) < 4.78 is 33.1. The molecule has 1 fully saturated rings. The third kappa shape index (κ3) is 4.12. The molecule has 156 valence electrons. The summed E-state index contributed by atoms with van der Waals surface area (Å²) in [5.41, 5.74) is 1.72. The van der Waals surface area contributed by atoms with E-state index in [9.17, 15) is 8.42 Å². The Kier molecular flexibility index (Phi) is 5.65. The highest BCUT2D eigenvalue weighted by atomic mass is 32.2.